The summed E-state index contributed by atoms with van der Waals surface area (Å²) >= 11 is 0. The van der Waals surface area contributed by atoms with E-state index in [2.05, 4.69) is 10.3 Å². The molecule has 0 aliphatic heterocycles. The van der Waals surface area contributed by atoms with E-state index in [0.29, 0.717) is 16.4 Å². The van der Waals surface area contributed by atoms with Crippen molar-refractivity contribution in [2.45, 2.75) is 5.03 Å². The second-order valence-corrected chi connectivity index (χ2v) is 10.4. The van der Waals surface area contributed by atoms with Crippen molar-refractivity contribution in [3.63, 3.8) is 0 Å². The number of carbonyl (C=O) groups is 1. The highest BCUT2D eigenvalue weighted by molar-refractivity contribution is 8.44. The summed E-state index contributed by atoms with van der Waals surface area (Å²) in [4.78, 5) is 12.2. The molecule has 0 unspecified atom stereocenters. The molecular weight excluding hydrogens is 388 g/mol. The normalized spacial score (nSPS) is 12.2. The van der Waals surface area contributed by atoms with Crippen LogP contribution in [-0.2, 0) is 0 Å². The lowest BCUT2D eigenvalue weighted by Gasteiger charge is -2.25. The Morgan fingerprint density at radius 3 is 2.48 bits per heavy atom. The topological polar surface area (TPSA) is 114 Å². The van der Waals surface area contributed by atoms with Crippen molar-refractivity contribution < 1.29 is 15.0 Å². The summed E-state index contributed by atoms with van der Waals surface area (Å²) < 4.78 is 1.49. The van der Waals surface area contributed by atoms with E-state index in [9.17, 15) is 15.0 Å². The van der Waals surface area contributed by atoms with E-state index in [1.54, 1.807) is 18.6 Å². The molecule has 0 saturated carbocycles. The first kappa shape index (κ1) is 18.8. The molecule has 0 aliphatic carbocycles. The molecule has 0 saturated heterocycles. The average Bonchev–Trinajstić information content (AvgIpc) is 3.12. The Hall–Kier alpha value is -3.52. The molecular formula is C21H20N4O3S. The van der Waals surface area contributed by atoms with Crippen molar-refractivity contribution in [1.29, 1.82) is 0 Å². The number of carbonyl (C=O) groups excluding carboxylic acids is 1. The largest absolute Gasteiger partial charge is 0.508 e. The maximum absolute atomic E-state index is 12.2. The Balaban J connectivity index is 2.10. The third kappa shape index (κ3) is 3.07. The summed E-state index contributed by atoms with van der Waals surface area (Å²) in [7, 11) is -2.12. The molecule has 4 aromatic rings. The van der Waals surface area contributed by atoms with Crippen molar-refractivity contribution in [3.05, 3.63) is 60.7 Å². The smallest absolute Gasteiger partial charge is 0.264 e. The zero-order valence-corrected chi connectivity index (χ0v) is 16.7. The Morgan fingerprint density at radius 2 is 1.76 bits per heavy atom. The molecule has 4 N–H and O–H groups in total. The van der Waals surface area contributed by atoms with Gasteiger partial charge in [-0.1, -0.05) is 47.7 Å². The second-order valence-electron chi connectivity index (χ2n) is 7.00. The third-order valence-electron chi connectivity index (χ3n) is 4.86. The second kappa shape index (κ2) is 6.82. The molecule has 148 valence electrons. The van der Waals surface area contributed by atoms with E-state index < -0.39 is 15.3 Å². The number of nitrogens with two attached hydrogens (primary N) is 1. The number of hydrogen-bond donors (Lipinski definition) is 3. The van der Waals surface area contributed by atoms with Gasteiger partial charge < -0.3 is 15.9 Å². The lowest BCUT2D eigenvalue weighted by atomic mass is 10.0. The molecule has 0 radical (unpaired) electrons. The fourth-order valence-corrected chi connectivity index (χ4v) is 4.34. The highest BCUT2D eigenvalue weighted by atomic mass is 32.3. The molecule has 8 heteroatoms. The van der Waals surface area contributed by atoms with Crippen LogP contribution in [0.3, 0.4) is 0 Å². The first-order valence-electron chi connectivity index (χ1n) is 8.79. The summed E-state index contributed by atoms with van der Waals surface area (Å²) in [6.07, 6.45) is 3.55. The number of phenols is 2. The van der Waals surface area contributed by atoms with E-state index >= 15 is 0 Å². The molecule has 0 atom stereocenters. The number of hydrogen-bond acceptors (Lipinski definition) is 5. The minimum Gasteiger partial charge on any atom is -0.508 e. The van der Waals surface area contributed by atoms with Gasteiger partial charge in [0.25, 0.3) is 5.24 Å². The van der Waals surface area contributed by atoms with Crippen LogP contribution < -0.4 is 5.73 Å². The van der Waals surface area contributed by atoms with E-state index in [1.165, 1.54) is 16.8 Å². The molecule has 1 amide bonds. The fourth-order valence-electron chi connectivity index (χ4n) is 3.23. The maximum atomic E-state index is 12.2. The number of nitrogens with zero attached hydrogens (tertiary/aromatic N) is 3. The molecule has 0 spiro atoms. The SMILES string of the molecule is CS(C)(C(N)=O)c1nnn(-c2ccc(O)cc2O)c1-c1cccc2ccccc12. The zero-order chi connectivity index (χ0) is 20.8. The number of aromatic hydroxyl groups is 2. The van der Waals surface area contributed by atoms with Crippen LogP contribution in [0.5, 0.6) is 11.5 Å². The molecule has 4 rings (SSSR count). The van der Waals surface area contributed by atoms with E-state index in [1.807, 2.05) is 42.5 Å². The van der Waals surface area contributed by atoms with Crippen LogP contribution in [0.2, 0.25) is 0 Å². The predicted octanol–water partition coefficient (Wildman–Crippen LogP) is 4.00. The van der Waals surface area contributed by atoms with Gasteiger partial charge in [0.15, 0.2) is 0 Å². The molecule has 1 heterocycles. The van der Waals surface area contributed by atoms with Gasteiger partial charge in [-0.3, -0.25) is 4.79 Å². The summed E-state index contributed by atoms with van der Waals surface area (Å²) in [5.41, 5.74) is 7.44. The lowest BCUT2D eigenvalue weighted by Crippen LogP contribution is -2.18. The van der Waals surface area contributed by atoms with Gasteiger partial charge in [-0.05, 0) is 35.4 Å². The number of primary amides is 1. The first-order valence-corrected chi connectivity index (χ1v) is 11.2. The van der Waals surface area contributed by atoms with Gasteiger partial charge in [-0.25, -0.2) is 4.68 Å². The maximum Gasteiger partial charge on any atom is 0.264 e. The van der Waals surface area contributed by atoms with Gasteiger partial charge in [0, 0.05) is 11.6 Å². The molecule has 3 aromatic carbocycles. The summed E-state index contributed by atoms with van der Waals surface area (Å²) in [5, 5.41) is 30.6. The van der Waals surface area contributed by atoms with Gasteiger partial charge >= 0.3 is 0 Å². The monoisotopic (exact) mass is 408 g/mol. The summed E-state index contributed by atoms with van der Waals surface area (Å²) in [5.74, 6) is -0.226. The van der Waals surface area contributed by atoms with Crippen molar-refractivity contribution in [2.24, 2.45) is 5.73 Å². The summed E-state index contributed by atoms with van der Waals surface area (Å²) in [6.45, 7) is 0. The Kier molecular flexibility index (Phi) is 4.43. The van der Waals surface area contributed by atoms with Crippen LogP contribution in [0, 0.1) is 0 Å². The molecule has 0 aliphatic rings. The average molecular weight is 408 g/mol. The highest BCUT2D eigenvalue weighted by Gasteiger charge is 2.32. The zero-order valence-electron chi connectivity index (χ0n) is 15.9. The minimum absolute atomic E-state index is 0.0682. The predicted molar refractivity (Wildman–Crippen MR) is 115 cm³/mol. The number of aromatic nitrogens is 3. The Morgan fingerprint density at radius 1 is 1.03 bits per heavy atom. The van der Waals surface area contributed by atoms with Crippen molar-refractivity contribution in [3.8, 4) is 28.4 Å². The number of amides is 1. The number of benzene rings is 3. The molecule has 0 fully saturated rings. The van der Waals surface area contributed by atoms with Crippen LogP contribution in [-0.4, -0.2) is 43.0 Å². The van der Waals surface area contributed by atoms with Crippen molar-refractivity contribution in [2.75, 3.05) is 12.5 Å². The van der Waals surface area contributed by atoms with Crippen molar-refractivity contribution >= 4 is 26.0 Å². The van der Waals surface area contributed by atoms with E-state index in [-0.39, 0.29) is 11.5 Å². The Labute approximate surface area is 168 Å². The van der Waals surface area contributed by atoms with Crippen LogP contribution in [0.1, 0.15) is 0 Å². The van der Waals surface area contributed by atoms with E-state index in [4.69, 9.17) is 5.73 Å². The van der Waals surface area contributed by atoms with Crippen LogP contribution in [0.4, 0.5) is 4.79 Å². The van der Waals surface area contributed by atoms with Gasteiger partial charge in [-0.2, -0.15) is 0 Å². The molecule has 7 nitrogen and oxygen atoms in total. The molecule has 1 aromatic heterocycles. The first-order chi connectivity index (χ1) is 13.8. The fraction of sp³-hybridized carbons (Fsp3) is 0.0952. The number of rotatable bonds is 3. The van der Waals surface area contributed by atoms with Gasteiger partial charge in [0.2, 0.25) is 0 Å². The van der Waals surface area contributed by atoms with Crippen LogP contribution in [0.15, 0.2) is 65.7 Å². The molecule has 29 heavy (non-hydrogen) atoms. The lowest BCUT2D eigenvalue weighted by molar-refractivity contribution is 0.266. The third-order valence-corrected chi connectivity index (χ3v) is 7.11. The minimum atomic E-state index is -2.12. The van der Waals surface area contributed by atoms with Crippen molar-refractivity contribution in [1.82, 2.24) is 15.0 Å². The highest BCUT2D eigenvalue weighted by Crippen LogP contribution is 2.53. The quantitative estimate of drug-likeness (QED) is 0.474. The van der Waals surface area contributed by atoms with Gasteiger partial charge in [-0.15, -0.1) is 15.1 Å². The van der Waals surface area contributed by atoms with Crippen LogP contribution in [0.25, 0.3) is 27.7 Å². The Bertz CT molecular complexity index is 1240. The number of fused-ring (bicyclic) bond motifs is 1. The standard InChI is InChI=1S/C21H20N4O3S/c1-29(2,21(22)28)20-19(16-9-5-7-13-6-3-4-8-15(13)16)25(24-23-20)17-11-10-14(26)12-18(17)27/h3-12,26-27H,1-2H3,(H2,22,28). The van der Waals surface area contributed by atoms with Crippen LogP contribution >= 0.6 is 10.0 Å². The van der Waals surface area contributed by atoms with Gasteiger partial charge in [0.1, 0.15) is 27.9 Å². The van der Waals surface area contributed by atoms with E-state index in [0.717, 1.165) is 16.3 Å². The summed E-state index contributed by atoms with van der Waals surface area (Å²) in [6, 6.07) is 17.9. The molecule has 0 bridgehead atoms. The van der Waals surface area contributed by atoms with Gasteiger partial charge in [0.05, 0.1) is 0 Å². The number of phenolic OH excluding ortho intramolecular Hbond substituents is 2.